The van der Waals surface area contributed by atoms with Gasteiger partial charge in [0, 0.05) is 32.1 Å². The van der Waals surface area contributed by atoms with Gasteiger partial charge >= 0.3 is 0 Å². The highest BCUT2D eigenvalue weighted by Gasteiger charge is 2.68. The lowest BCUT2D eigenvalue weighted by molar-refractivity contribution is -0.135. The fourth-order valence-electron chi connectivity index (χ4n) is 5.08. The summed E-state index contributed by atoms with van der Waals surface area (Å²) in [7, 11) is 0. The van der Waals surface area contributed by atoms with Gasteiger partial charge in [-0.1, -0.05) is 88.4 Å². The lowest BCUT2D eigenvalue weighted by atomic mass is 9.96. The number of carbonyl (C=O) groups excluding carboxylic acids is 1. The van der Waals surface area contributed by atoms with Crippen LogP contribution in [0.1, 0.15) is 44.9 Å². The quantitative estimate of drug-likeness (QED) is 0.778. The van der Waals surface area contributed by atoms with Crippen molar-refractivity contribution >= 4 is 5.91 Å². The highest BCUT2D eigenvalue weighted by Crippen LogP contribution is 2.68. The van der Waals surface area contributed by atoms with Crippen LogP contribution in [0.15, 0.2) is 60.7 Å². The maximum absolute atomic E-state index is 13.1. The van der Waals surface area contributed by atoms with Gasteiger partial charge in [-0.3, -0.25) is 9.69 Å². The minimum Gasteiger partial charge on any atom is -0.340 e. The number of amides is 1. The normalized spacial score (nSPS) is 21.7. The number of nitrogens with zero attached hydrogens (tertiary/aromatic N) is 2. The van der Waals surface area contributed by atoms with Crippen molar-refractivity contribution in [2.45, 2.75) is 33.7 Å². The molecule has 1 saturated carbocycles. The number of hydrogen-bond donors (Lipinski definition) is 0. The van der Waals surface area contributed by atoms with Crippen molar-refractivity contribution in [3.8, 4) is 0 Å². The van der Waals surface area contributed by atoms with Crippen LogP contribution in [0.5, 0.6) is 0 Å². The van der Waals surface area contributed by atoms with Gasteiger partial charge in [-0.05, 0) is 22.0 Å². The number of rotatable bonds is 4. The Morgan fingerprint density at radius 1 is 0.786 bits per heavy atom. The van der Waals surface area contributed by atoms with E-state index in [0.717, 1.165) is 26.2 Å². The molecule has 1 saturated heterocycles. The second-order valence-electron chi connectivity index (χ2n) is 9.46. The van der Waals surface area contributed by atoms with Gasteiger partial charge in [0.25, 0.3) is 0 Å². The van der Waals surface area contributed by atoms with E-state index >= 15 is 0 Å². The average Bonchev–Trinajstić information content (AvgIpc) is 3.12. The molecule has 4 rings (SSSR count). The number of benzene rings is 2. The molecule has 0 N–H and O–H groups in total. The van der Waals surface area contributed by atoms with Crippen LogP contribution in [0.25, 0.3) is 0 Å². The van der Waals surface area contributed by atoms with E-state index in [0.29, 0.717) is 5.91 Å². The topological polar surface area (TPSA) is 23.6 Å². The first kappa shape index (κ1) is 19.2. The maximum Gasteiger partial charge on any atom is 0.226 e. The molecule has 0 spiro atoms. The molecule has 3 heteroatoms. The third kappa shape index (κ3) is 3.16. The molecule has 1 heterocycles. The van der Waals surface area contributed by atoms with E-state index in [-0.39, 0.29) is 22.8 Å². The molecule has 1 aliphatic heterocycles. The fourth-order valence-corrected chi connectivity index (χ4v) is 5.08. The van der Waals surface area contributed by atoms with Crippen molar-refractivity contribution < 1.29 is 4.79 Å². The second-order valence-corrected chi connectivity index (χ2v) is 9.46. The molecule has 148 valence electrons. The zero-order chi connectivity index (χ0) is 19.9. The van der Waals surface area contributed by atoms with E-state index in [1.165, 1.54) is 11.1 Å². The Bertz CT molecular complexity index is 767. The Labute approximate surface area is 169 Å². The van der Waals surface area contributed by atoms with Crippen molar-refractivity contribution in [1.29, 1.82) is 0 Å². The third-order valence-corrected chi connectivity index (χ3v) is 7.49. The van der Waals surface area contributed by atoms with Crippen LogP contribution < -0.4 is 0 Å². The molecule has 28 heavy (non-hydrogen) atoms. The number of hydrogen-bond acceptors (Lipinski definition) is 2. The standard InChI is InChI=1S/C25H32N2O/c1-24(2)22(25(24,3)4)23(28)27-17-15-26(16-18-27)21(19-11-7-5-8-12-19)20-13-9-6-10-14-20/h5-14,21-22H,15-18H2,1-4H3. The summed E-state index contributed by atoms with van der Waals surface area (Å²) in [5.74, 6) is 0.510. The minimum absolute atomic E-state index is 0.109. The summed E-state index contributed by atoms with van der Waals surface area (Å²) in [4.78, 5) is 17.7. The van der Waals surface area contributed by atoms with E-state index < -0.39 is 0 Å². The molecular formula is C25H32N2O. The van der Waals surface area contributed by atoms with Crippen LogP contribution in [0, 0.1) is 16.7 Å². The summed E-state index contributed by atoms with van der Waals surface area (Å²) in [5.41, 5.74) is 2.85. The second kappa shape index (κ2) is 7.04. The summed E-state index contributed by atoms with van der Waals surface area (Å²) in [5, 5.41) is 0. The number of carbonyl (C=O) groups is 1. The van der Waals surface area contributed by atoms with Gasteiger partial charge in [-0.15, -0.1) is 0 Å². The van der Waals surface area contributed by atoms with Crippen molar-refractivity contribution in [2.75, 3.05) is 26.2 Å². The average molecular weight is 377 g/mol. The first-order valence-corrected chi connectivity index (χ1v) is 10.5. The summed E-state index contributed by atoms with van der Waals surface area (Å²) < 4.78 is 0. The lowest BCUT2D eigenvalue weighted by Gasteiger charge is -2.40. The largest absolute Gasteiger partial charge is 0.340 e. The number of piperazine rings is 1. The van der Waals surface area contributed by atoms with Gasteiger partial charge in [0.15, 0.2) is 0 Å². The zero-order valence-electron chi connectivity index (χ0n) is 17.6. The van der Waals surface area contributed by atoms with Gasteiger partial charge in [0.05, 0.1) is 6.04 Å². The first-order chi connectivity index (χ1) is 13.3. The lowest BCUT2D eigenvalue weighted by Crippen LogP contribution is -2.50. The van der Waals surface area contributed by atoms with Gasteiger partial charge < -0.3 is 4.90 Å². The molecule has 1 amide bonds. The van der Waals surface area contributed by atoms with Crippen LogP contribution >= 0.6 is 0 Å². The van der Waals surface area contributed by atoms with Gasteiger partial charge in [-0.25, -0.2) is 0 Å². The summed E-state index contributed by atoms with van der Waals surface area (Å²) in [6.45, 7) is 12.4. The van der Waals surface area contributed by atoms with E-state index in [9.17, 15) is 4.79 Å². The maximum atomic E-state index is 13.1. The molecule has 1 aliphatic carbocycles. The molecule has 0 bridgehead atoms. The fraction of sp³-hybridized carbons (Fsp3) is 0.480. The Hall–Kier alpha value is -2.13. The van der Waals surface area contributed by atoms with E-state index in [1.54, 1.807) is 0 Å². The summed E-state index contributed by atoms with van der Waals surface area (Å²) >= 11 is 0. The van der Waals surface area contributed by atoms with Crippen LogP contribution in [-0.2, 0) is 4.79 Å². The zero-order valence-corrected chi connectivity index (χ0v) is 17.6. The Morgan fingerprint density at radius 2 is 1.21 bits per heavy atom. The van der Waals surface area contributed by atoms with Gasteiger partial charge in [0.1, 0.15) is 0 Å². The molecule has 0 unspecified atom stereocenters. The van der Waals surface area contributed by atoms with Crippen LogP contribution in [0.4, 0.5) is 0 Å². The van der Waals surface area contributed by atoms with Crippen LogP contribution in [-0.4, -0.2) is 41.9 Å². The molecule has 2 aromatic carbocycles. The van der Waals surface area contributed by atoms with Gasteiger partial charge in [0.2, 0.25) is 5.91 Å². The molecular weight excluding hydrogens is 344 g/mol. The molecule has 0 aromatic heterocycles. The molecule has 2 aliphatic rings. The molecule has 2 aromatic rings. The predicted molar refractivity (Wildman–Crippen MR) is 114 cm³/mol. The van der Waals surface area contributed by atoms with E-state index in [2.05, 4.69) is 98.2 Å². The molecule has 0 radical (unpaired) electrons. The first-order valence-electron chi connectivity index (χ1n) is 10.5. The van der Waals surface area contributed by atoms with Crippen molar-refractivity contribution in [2.24, 2.45) is 16.7 Å². The van der Waals surface area contributed by atoms with E-state index in [4.69, 9.17) is 0 Å². The van der Waals surface area contributed by atoms with Crippen molar-refractivity contribution in [3.05, 3.63) is 71.8 Å². The molecule has 2 fully saturated rings. The highest BCUT2D eigenvalue weighted by atomic mass is 16.2. The van der Waals surface area contributed by atoms with Gasteiger partial charge in [-0.2, -0.15) is 0 Å². The van der Waals surface area contributed by atoms with Crippen LogP contribution in [0.2, 0.25) is 0 Å². The minimum atomic E-state index is 0.109. The predicted octanol–water partition coefficient (Wildman–Crippen LogP) is 4.60. The third-order valence-electron chi connectivity index (χ3n) is 7.49. The SMILES string of the molecule is CC1(C)C(C(=O)N2CCN(C(c3ccccc3)c3ccccc3)CC2)C1(C)C. The summed E-state index contributed by atoms with van der Waals surface area (Å²) in [6, 6.07) is 21.7. The smallest absolute Gasteiger partial charge is 0.226 e. The highest BCUT2D eigenvalue weighted by molar-refractivity contribution is 5.84. The Kier molecular flexibility index (Phi) is 4.83. The Morgan fingerprint density at radius 3 is 1.61 bits per heavy atom. The van der Waals surface area contributed by atoms with Crippen molar-refractivity contribution in [3.63, 3.8) is 0 Å². The monoisotopic (exact) mass is 376 g/mol. The molecule has 3 nitrogen and oxygen atoms in total. The van der Waals surface area contributed by atoms with Crippen LogP contribution in [0.3, 0.4) is 0 Å². The van der Waals surface area contributed by atoms with E-state index in [1.807, 2.05) is 0 Å². The van der Waals surface area contributed by atoms with Crippen molar-refractivity contribution in [1.82, 2.24) is 9.80 Å². The molecule has 0 atom stereocenters. The Balaban J connectivity index is 1.49. The summed E-state index contributed by atoms with van der Waals surface area (Å²) in [6.07, 6.45) is 0.